The van der Waals surface area contributed by atoms with Gasteiger partial charge in [-0.2, -0.15) is 8.42 Å². The number of allylic oxidation sites excluding steroid dienone is 1. The summed E-state index contributed by atoms with van der Waals surface area (Å²) in [6.07, 6.45) is 19.7. The molecule has 0 aliphatic heterocycles. The summed E-state index contributed by atoms with van der Waals surface area (Å²) in [6.45, 7) is 16.9. The fourth-order valence-corrected chi connectivity index (χ4v) is 11.2. The van der Waals surface area contributed by atoms with Crippen molar-refractivity contribution in [3.8, 4) is 0 Å². The van der Waals surface area contributed by atoms with Crippen molar-refractivity contribution in [3.63, 3.8) is 0 Å². The van der Waals surface area contributed by atoms with Gasteiger partial charge in [-0.1, -0.05) is 78.9 Å². The molecule has 3 fully saturated rings. The first kappa shape index (κ1) is 32.5. The van der Waals surface area contributed by atoms with Crippen LogP contribution in [-0.2, 0) is 19.0 Å². The smallest absolute Gasteiger partial charge is 0.267 e. The van der Waals surface area contributed by atoms with Crippen LogP contribution >= 0.6 is 0 Å². The quantitative estimate of drug-likeness (QED) is 0.161. The number of rotatable bonds is 13. The Morgan fingerprint density at radius 2 is 1.77 bits per heavy atom. The Morgan fingerprint density at radius 1 is 1.02 bits per heavy atom. The zero-order valence-corrected chi connectivity index (χ0v) is 28.1. The van der Waals surface area contributed by atoms with Crippen LogP contribution in [0.25, 0.3) is 0 Å². The van der Waals surface area contributed by atoms with Crippen LogP contribution in [0.5, 0.6) is 0 Å². The van der Waals surface area contributed by atoms with Crippen LogP contribution in [0.4, 0.5) is 0 Å². The van der Waals surface area contributed by atoms with E-state index in [1.807, 2.05) is 0 Å². The average molecular weight is 579 g/mol. The van der Waals surface area contributed by atoms with Crippen molar-refractivity contribution in [2.75, 3.05) is 12.9 Å². The Labute approximate surface area is 247 Å². The van der Waals surface area contributed by atoms with E-state index in [1.54, 1.807) is 5.57 Å². The highest BCUT2D eigenvalue weighted by molar-refractivity contribution is 7.86. The van der Waals surface area contributed by atoms with E-state index in [1.165, 1.54) is 64.9 Å². The van der Waals surface area contributed by atoms with Gasteiger partial charge in [0.05, 0.1) is 24.6 Å². The monoisotopic (exact) mass is 578 g/mol. The fraction of sp³-hybridized carbons (Fsp3) is 0.943. The van der Waals surface area contributed by atoms with Crippen LogP contribution in [0, 0.1) is 46.3 Å². The summed E-state index contributed by atoms with van der Waals surface area (Å²) in [4.78, 5) is 0. The lowest BCUT2D eigenvalue weighted by Gasteiger charge is -2.58. The highest BCUT2D eigenvalue weighted by Crippen LogP contribution is 2.67. The van der Waals surface area contributed by atoms with E-state index in [9.17, 15) is 8.42 Å². The summed E-state index contributed by atoms with van der Waals surface area (Å²) in [7, 11) is -2.22. The van der Waals surface area contributed by atoms with Crippen LogP contribution in [0.2, 0.25) is 0 Å². The maximum atomic E-state index is 12.0. The lowest BCUT2D eigenvalue weighted by molar-refractivity contribution is -0.114. The van der Waals surface area contributed by atoms with Gasteiger partial charge in [0.15, 0.2) is 0 Å². The van der Waals surface area contributed by atoms with Gasteiger partial charge in [0.2, 0.25) is 0 Å². The molecule has 0 amide bonds. The lowest BCUT2D eigenvalue weighted by atomic mass is 9.47. The van der Waals surface area contributed by atoms with Gasteiger partial charge in [-0.25, -0.2) is 0 Å². The van der Waals surface area contributed by atoms with Crippen LogP contribution in [0.15, 0.2) is 11.6 Å². The third-order valence-corrected chi connectivity index (χ3v) is 13.8. The molecule has 0 N–H and O–H groups in total. The van der Waals surface area contributed by atoms with Gasteiger partial charge in [-0.05, 0) is 117 Å². The minimum absolute atomic E-state index is 0.0222. The minimum Gasteiger partial charge on any atom is -0.372 e. The van der Waals surface area contributed by atoms with Gasteiger partial charge in [0, 0.05) is 0 Å². The van der Waals surface area contributed by atoms with Gasteiger partial charge >= 0.3 is 0 Å². The van der Waals surface area contributed by atoms with Crippen LogP contribution < -0.4 is 0 Å². The molecule has 40 heavy (non-hydrogen) atoms. The maximum absolute atomic E-state index is 12.0. The lowest BCUT2D eigenvalue weighted by Crippen LogP contribution is -2.51. The number of ether oxygens (including phenoxy) is 1. The molecule has 232 valence electrons. The van der Waals surface area contributed by atoms with E-state index in [0.29, 0.717) is 17.3 Å². The minimum atomic E-state index is -3.48. The summed E-state index contributed by atoms with van der Waals surface area (Å²) >= 11 is 0. The van der Waals surface area contributed by atoms with Gasteiger partial charge in [0.25, 0.3) is 10.1 Å². The highest BCUT2D eigenvalue weighted by atomic mass is 32.2. The topological polar surface area (TPSA) is 52.6 Å². The molecule has 9 atom stereocenters. The third-order valence-electron chi connectivity index (χ3n) is 12.6. The van der Waals surface area contributed by atoms with E-state index in [4.69, 9.17) is 8.92 Å². The first-order chi connectivity index (χ1) is 18.8. The summed E-state index contributed by atoms with van der Waals surface area (Å²) in [5, 5.41) is 0. The number of hydrogen-bond donors (Lipinski definition) is 0. The molecule has 0 radical (unpaired) electrons. The molecule has 4 aliphatic carbocycles. The Kier molecular flexibility index (Phi) is 10.3. The fourth-order valence-electron chi connectivity index (χ4n) is 10.4. The second-order valence-corrected chi connectivity index (χ2v) is 17.5. The zero-order valence-electron chi connectivity index (χ0n) is 27.3. The summed E-state index contributed by atoms with van der Waals surface area (Å²) in [6, 6.07) is 0. The van der Waals surface area contributed by atoms with Crippen molar-refractivity contribution in [1.29, 1.82) is 0 Å². The van der Waals surface area contributed by atoms with E-state index in [-0.39, 0.29) is 11.9 Å². The molecular weight excluding hydrogens is 516 g/mol. The van der Waals surface area contributed by atoms with E-state index >= 15 is 0 Å². The normalized spacial score (nSPS) is 38.2. The first-order valence-electron chi connectivity index (χ1n) is 16.9. The molecule has 0 saturated heterocycles. The second kappa shape index (κ2) is 12.7. The molecule has 4 aliphatic rings. The van der Waals surface area contributed by atoms with Gasteiger partial charge in [0.1, 0.15) is 0 Å². The third kappa shape index (κ3) is 6.72. The zero-order chi connectivity index (χ0) is 29.3. The van der Waals surface area contributed by atoms with Crippen molar-refractivity contribution in [2.24, 2.45) is 46.3 Å². The number of hydrogen-bond acceptors (Lipinski definition) is 4. The molecule has 0 bridgehead atoms. The van der Waals surface area contributed by atoms with E-state index < -0.39 is 15.7 Å². The summed E-state index contributed by atoms with van der Waals surface area (Å²) in [5.41, 5.74) is 2.07. The summed E-state index contributed by atoms with van der Waals surface area (Å²) in [5.74, 6) is 5.17. The molecule has 1 unspecified atom stereocenters. The van der Waals surface area contributed by atoms with E-state index in [0.717, 1.165) is 61.2 Å². The molecule has 0 aromatic heterocycles. The Morgan fingerprint density at radius 3 is 2.45 bits per heavy atom. The SMILES string of the molecule is CCCC(C)(CCS(=O)(=O)OC)O[C@H]1CC[C@@]2(C)C(=CC[C@H]3[C@@H]4CC[C@H]([C@H](C)CCCC(C)C)[C@@]4(C)CC[C@@H]32)C1. The summed E-state index contributed by atoms with van der Waals surface area (Å²) < 4.78 is 35.6. The first-order valence-corrected chi connectivity index (χ1v) is 18.5. The predicted molar refractivity (Wildman–Crippen MR) is 167 cm³/mol. The van der Waals surface area contributed by atoms with Gasteiger partial charge < -0.3 is 4.74 Å². The van der Waals surface area contributed by atoms with Crippen molar-refractivity contribution >= 4 is 10.1 Å². The number of fused-ring (bicyclic) bond motifs is 5. The molecule has 3 saturated carbocycles. The molecule has 5 heteroatoms. The van der Waals surface area contributed by atoms with E-state index in [2.05, 4.69) is 54.5 Å². The van der Waals surface area contributed by atoms with Crippen molar-refractivity contribution in [2.45, 2.75) is 150 Å². The molecular formula is C35H62O4S. The predicted octanol–water partition coefficient (Wildman–Crippen LogP) is 9.34. The van der Waals surface area contributed by atoms with Crippen molar-refractivity contribution in [1.82, 2.24) is 0 Å². The second-order valence-electron chi connectivity index (χ2n) is 15.7. The molecule has 4 nitrogen and oxygen atoms in total. The van der Waals surface area contributed by atoms with Crippen LogP contribution in [0.1, 0.15) is 138 Å². The van der Waals surface area contributed by atoms with Crippen LogP contribution in [-0.4, -0.2) is 33.0 Å². The van der Waals surface area contributed by atoms with Crippen molar-refractivity contribution in [3.05, 3.63) is 11.6 Å². The maximum Gasteiger partial charge on any atom is 0.267 e. The van der Waals surface area contributed by atoms with Gasteiger partial charge in [-0.15, -0.1) is 0 Å². The Hall–Kier alpha value is -0.390. The average Bonchev–Trinajstić information content (AvgIpc) is 3.25. The molecule has 4 rings (SSSR count). The van der Waals surface area contributed by atoms with Crippen LogP contribution in [0.3, 0.4) is 0 Å². The molecule has 0 heterocycles. The Balaban J connectivity index is 1.43. The Bertz CT molecular complexity index is 987. The standard InChI is InChI=1S/C35H62O4S/c1-9-19-33(5,22-23-40(36,37)38-8)39-28-17-20-34(6)27(24-28)13-14-29-31-16-15-30(26(4)12-10-11-25(2)3)35(31,7)21-18-32(29)34/h13,25-26,28-32H,9-12,14-24H2,1-8H3/t26-,28+,29+,30-,31+,32+,33?,34+,35-/m1/s1. The molecule has 0 aromatic rings. The molecule has 0 aromatic carbocycles. The van der Waals surface area contributed by atoms with Gasteiger partial charge in [-0.3, -0.25) is 4.18 Å². The van der Waals surface area contributed by atoms with Crippen molar-refractivity contribution < 1.29 is 17.3 Å². The largest absolute Gasteiger partial charge is 0.372 e. The highest BCUT2D eigenvalue weighted by Gasteiger charge is 2.59. The molecule has 0 spiro atoms.